The number of aromatic nitrogens is 1. The Labute approximate surface area is 182 Å². The molecule has 0 bridgehead atoms. The summed E-state index contributed by atoms with van der Waals surface area (Å²) in [6.45, 7) is -0.238. The molecule has 4 aromatic rings. The molecule has 0 aliphatic carbocycles. The number of benzene rings is 3. The summed E-state index contributed by atoms with van der Waals surface area (Å²) in [5, 5.41) is 3.59. The Morgan fingerprint density at radius 3 is 2.63 bits per heavy atom. The monoisotopic (exact) mass is 442 g/mol. The third kappa shape index (κ3) is 4.35. The summed E-state index contributed by atoms with van der Waals surface area (Å²) in [6, 6.07) is 17.5. The van der Waals surface area contributed by atoms with Crippen molar-refractivity contribution in [2.45, 2.75) is 0 Å². The van der Waals surface area contributed by atoms with Gasteiger partial charge in [-0.25, -0.2) is 4.98 Å². The molecule has 4 rings (SSSR count). The molecule has 6 nitrogen and oxygen atoms in total. The van der Waals surface area contributed by atoms with Gasteiger partial charge in [0.05, 0.1) is 17.8 Å². The van der Waals surface area contributed by atoms with Gasteiger partial charge in [0.25, 0.3) is 5.91 Å². The SMILES string of the molecule is COc1ccc(-c2nc3ccccc3o2)cc1NC(=O)COc1ccc(Cl)cc1Cl. The number of carbonyl (C=O) groups excluding carboxylic acids is 1. The van der Waals surface area contributed by atoms with Crippen LogP contribution in [0.25, 0.3) is 22.6 Å². The predicted molar refractivity (Wildman–Crippen MR) is 117 cm³/mol. The molecular weight excluding hydrogens is 427 g/mol. The Morgan fingerprint density at radius 2 is 1.87 bits per heavy atom. The molecule has 1 aromatic heterocycles. The second-order valence-corrected chi connectivity index (χ2v) is 7.16. The van der Waals surface area contributed by atoms with Crippen LogP contribution in [0.5, 0.6) is 11.5 Å². The summed E-state index contributed by atoms with van der Waals surface area (Å²) in [5.74, 6) is 0.920. The predicted octanol–water partition coefficient (Wildman–Crippen LogP) is 5.83. The first-order valence-corrected chi connectivity index (χ1v) is 9.71. The van der Waals surface area contributed by atoms with Gasteiger partial charge in [0.2, 0.25) is 5.89 Å². The van der Waals surface area contributed by atoms with Crippen LogP contribution in [0.15, 0.2) is 65.1 Å². The smallest absolute Gasteiger partial charge is 0.262 e. The molecule has 0 atom stereocenters. The highest BCUT2D eigenvalue weighted by atomic mass is 35.5. The first-order chi connectivity index (χ1) is 14.5. The van der Waals surface area contributed by atoms with Crippen LogP contribution in [0.1, 0.15) is 0 Å². The topological polar surface area (TPSA) is 73.6 Å². The van der Waals surface area contributed by atoms with Crippen LogP contribution in [-0.4, -0.2) is 24.6 Å². The lowest BCUT2D eigenvalue weighted by Crippen LogP contribution is -2.20. The maximum atomic E-state index is 12.4. The highest BCUT2D eigenvalue weighted by Crippen LogP contribution is 2.32. The van der Waals surface area contributed by atoms with E-state index in [9.17, 15) is 4.79 Å². The highest BCUT2D eigenvalue weighted by molar-refractivity contribution is 6.35. The van der Waals surface area contributed by atoms with Crippen molar-refractivity contribution in [1.29, 1.82) is 0 Å². The molecule has 0 unspecified atom stereocenters. The zero-order valence-corrected chi connectivity index (χ0v) is 17.3. The van der Waals surface area contributed by atoms with Gasteiger partial charge in [-0.05, 0) is 48.5 Å². The minimum absolute atomic E-state index is 0.238. The van der Waals surface area contributed by atoms with Gasteiger partial charge >= 0.3 is 0 Å². The summed E-state index contributed by atoms with van der Waals surface area (Å²) in [4.78, 5) is 16.9. The van der Waals surface area contributed by atoms with Crippen molar-refractivity contribution in [1.82, 2.24) is 4.98 Å². The number of halogens is 2. The maximum Gasteiger partial charge on any atom is 0.262 e. The zero-order valence-electron chi connectivity index (χ0n) is 15.8. The summed E-state index contributed by atoms with van der Waals surface area (Å²) < 4.78 is 16.6. The van der Waals surface area contributed by atoms with Gasteiger partial charge in [-0.3, -0.25) is 4.79 Å². The number of methoxy groups -OCH3 is 1. The van der Waals surface area contributed by atoms with Gasteiger partial charge in [-0.2, -0.15) is 0 Å². The van der Waals surface area contributed by atoms with Crippen LogP contribution in [0.2, 0.25) is 10.0 Å². The van der Waals surface area contributed by atoms with E-state index in [0.717, 1.165) is 5.52 Å². The van der Waals surface area contributed by atoms with Crippen LogP contribution in [-0.2, 0) is 4.79 Å². The fraction of sp³-hybridized carbons (Fsp3) is 0.0909. The van der Waals surface area contributed by atoms with E-state index in [0.29, 0.717) is 44.3 Å². The Morgan fingerprint density at radius 1 is 1.07 bits per heavy atom. The van der Waals surface area contributed by atoms with E-state index in [1.807, 2.05) is 30.3 Å². The Bertz CT molecular complexity index is 1190. The molecule has 152 valence electrons. The number of ether oxygens (including phenoxy) is 2. The van der Waals surface area contributed by atoms with Gasteiger partial charge in [0.1, 0.15) is 17.0 Å². The fourth-order valence-electron chi connectivity index (χ4n) is 2.86. The molecule has 8 heteroatoms. The summed E-state index contributed by atoms with van der Waals surface area (Å²) in [6.07, 6.45) is 0. The normalized spacial score (nSPS) is 10.8. The van der Waals surface area contributed by atoms with Crippen molar-refractivity contribution in [3.05, 3.63) is 70.7 Å². The summed E-state index contributed by atoms with van der Waals surface area (Å²) >= 11 is 11.9. The highest BCUT2D eigenvalue weighted by Gasteiger charge is 2.14. The van der Waals surface area contributed by atoms with Crippen LogP contribution in [0.4, 0.5) is 5.69 Å². The minimum Gasteiger partial charge on any atom is -0.495 e. The van der Waals surface area contributed by atoms with E-state index in [1.54, 1.807) is 30.3 Å². The number of hydrogen-bond donors (Lipinski definition) is 1. The van der Waals surface area contributed by atoms with Crippen molar-refractivity contribution in [2.24, 2.45) is 0 Å². The molecule has 1 heterocycles. The average molecular weight is 443 g/mol. The van der Waals surface area contributed by atoms with E-state index in [1.165, 1.54) is 7.11 Å². The van der Waals surface area contributed by atoms with E-state index in [4.69, 9.17) is 37.1 Å². The molecule has 0 spiro atoms. The van der Waals surface area contributed by atoms with Gasteiger partial charge in [0.15, 0.2) is 12.2 Å². The van der Waals surface area contributed by atoms with Gasteiger partial charge in [-0.1, -0.05) is 35.3 Å². The molecule has 0 radical (unpaired) electrons. The Hall–Kier alpha value is -3.22. The lowest BCUT2D eigenvalue weighted by atomic mass is 10.2. The number of anilines is 1. The fourth-order valence-corrected chi connectivity index (χ4v) is 3.32. The van der Waals surface area contributed by atoms with Gasteiger partial charge in [0, 0.05) is 10.6 Å². The molecule has 1 amide bonds. The lowest BCUT2D eigenvalue weighted by Gasteiger charge is -2.12. The molecule has 0 fully saturated rings. The van der Waals surface area contributed by atoms with E-state index >= 15 is 0 Å². The number of nitrogens with one attached hydrogen (secondary N) is 1. The number of hydrogen-bond acceptors (Lipinski definition) is 5. The minimum atomic E-state index is -0.381. The van der Waals surface area contributed by atoms with Crippen LogP contribution >= 0.6 is 23.2 Å². The maximum absolute atomic E-state index is 12.4. The first-order valence-electron chi connectivity index (χ1n) is 8.95. The standard InChI is InChI=1S/C22H16Cl2N2O4/c1-28-19-8-6-13(22-26-16-4-2-3-5-20(16)30-22)10-17(19)25-21(27)12-29-18-9-7-14(23)11-15(18)24/h2-11H,12H2,1H3,(H,25,27). The van der Waals surface area contributed by atoms with E-state index in [-0.39, 0.29) is 12.5 Å². The molecule has 3 aromatic carbocycles. The number of para-hydroxylation sites is 2. The van der Waals surface area contributed by atoms with Crippen molar-refractivity contribution in [3.63, 3.8) is 0 Å². The first kappa shape index (κ1) is 20.1. The molecule has 0 saturated heterocycles. The van der Waals surface area contributed by atoms with Crippen LogP contribution in [0, 0.1) is 0 Å². The quantitative estimate of drug-likeness (QED) is 0.406. The van der Waals surface area contributed by atoms with Crippen molar-refractivity contribution < 1.29 is 18.7 Å². The van der Waals surface area contributed by atoms with Crippen molar-refractivity contribution >= 4 is 45.9 Å². The molecule has 30 heavy (non-hydrogen) atoms. The van der Waals surface area contributed by atoms with Crippen LogP contribution in [0.3, 0.4) is 0 Å². The van der Waals surface area contributed by atoms with Gasteiger partial charge in [-0.15, -0.1) is 0 Å². The van der Waals surface area contributed by atoms with Crippen molar-refractivity contribution in [3.8, 4) is 23.0 Å². The Kier molecular flexibility index (Phi) is 5.79. The summed E-state index contributed by atoms with van der Waals surface area (Å²) in [5.41, 5.74) is 2.60. The molecule has 0 saturated carbocycles. The molecular formula is C22H16Cl2N2O4. The van der Waals surface area contributed by atoms with E-state index in [2.05, 4.69) is 10.3 Å². The molecule has 0 aliphatic heterocycles. The largest absolute Gasteiger partial charge is 0.495 e. The van der Waals surface area contributed by atoms with Crippen molar-refractivity contribution in [2.75, 3.05) is 19.0 Å². The number of carbonyl (C=O) groups is 1. The second-order valence-electron chi connectivity index (χ2n) is 6.31. The average Bonchev–Trinajstić information content (AvgIpc) is 3.17. The number of oxazole rings is 1. The number of rotatable bonds is 6. The Balaban J connectivity index is 1.52. The second kappa shape index (κ2) is 8.65. The summed E-state index contributed by atoms with van der Waals surface area (Å²) in [7, 11) is 1.52. The van der Waals surface area contributed by atoms with Crippen LogP contribution < -0.4 is 14.8 Å². The lowest BCUT2D eigenvalue weighted by molar-refractivity contribution is -0.118. The van der Waals surface area contributed by atoms with E-state index < -0.39 is 0 Å². The number of amides is 1. The third-order valence-electron chi connectivity index (χ3n) is 4.27. The number of fused-ring (bicyclic) bond motifs is 1. The third-order valence-corrected chi connectivity index (χ3v) is 4.80. The zero-order chi connectivity index (χ0) is 21.1. The molecule has 0 aliphatic rings. The van der Waals surface area contributed by atoms with Gasteiger partial charge < -0.3 is 19.2 Å². The molecule has 1 N–H and O–H groups in total. The number of nitrogens with zero attached hydrogens (tertiary/aromatic N) is 1.